The number of allylic oxidation sites excluding steroid dienone is 2. The summed E-state index contributed by atoms with van der Waals surface area (Å²) in [6.07, 6.45) is -4.40. The molecule has 0 aromatic heterocycles. The number of hydrogen-bond acceptors (Lipinski definition) is 6. The average molecular weight is 601 g/mol. The molecule has 1 fully saturated rings. The summed E-state index contributed by atoms with van der Waals surface area (Å²) in [4.78, 5) is 8.43. The van der Waals surface area contributed by atoms with E-state index in [1.54, 1.807) is 20.0 Å². The SMILES string of the molecule is CCN(CC1CCC1)C1=NC(NC)=C(C(C)=N)C=C(CN(Cc2cc(C(F)(F)F)cc(C(F)(F)F)c2)/C(N)=N/NC)C1. The first kappa shape index (κ1) is 32.8. The zero-order chi connectivity index (χ0) is 31.2. The van der Waals surface area contributed by atoms with E-state index < -0.39 is 23.5 Å². The van der Waals surface area contributed by atoms with Crippen molar-refractivity contribution in [1.29, 1.82) is 5.41 Å². The van der Waals surface area contributed by atoms with Crippen LogP contribution in [0.2, 0.25) is 0 Å². The van der Waals surface area contributed by atoms with Crippen LogP contribution in [0.1, 0.15) is 56.2 Å². The Labute approximate surface area is 241 Å². The van der Waals surface area contributed by atoms with Crippen LogP contribution in [0.5, 0.6) is 0 Å². The summed E-state index contributed by atoms with van der Waals surface area (Å²) < 4.78 is 81.2. The van der Waals surface area contributed by atoms with Crippen molar-refractivity contribution < 1.29 is 26.3 Å². The van der Waals surface area contributed by atoms with Crippen LogP contribution in [0.4, 0.5) is 26.3 Å². The second-order valence-corrected chi connectivity index (χ2v) is 10.4. The molecule has 0 radical (unpaired) electrons. The number of rotatable bonds is 10. The average Bonchev–Trinajstić information content (AvgIpc) is 3.06. The van der Waals surface area contributed by atoms with Crippen LogP contribution in [0.25, 0.3) is 0 Å². The van der Waals surface area contributed by atoms with Crippen LogP contribution in [0.3, 0.4) is 0 Å². The molecular formula is C28H38F6N8. The number of benzene rings is 1. The van der Waals surface area contributed by atoms with Gasteiger partial charge in [-0.25, -0.2) is 4.99 Å². The highest BCUT2D eigenvalue weighted by atomic mass is 19.4. The maximum absolute atomic E-state index is 13.5. The number of nitrogens with one attached hydrogen (secondary N) is 3. The Morgan fingerprint density at radius 1 is 1.07 bits per heavy atom. The van der Waals surface area contributed by atoms with Crippen LogP contribution in [-0.4, -0.2) is 61.0 Å². The Morgan fingerprint density at radius 3 is 2.14 bits per heavy atom. The van der Waals surface area contributed by atoms with Gasteiger partial charge in [0.1, 0.15) is 11.7 Å². The number of halogens is 6. The number of aliphatic imine (C=N–C) groups is 1. The third-order valence-electron chi connectivity index (χ3n) is 7.29. The molecule has 1 heterocycles. The number of hydrogen-bond donors (Lipinski definition) is 4. The fraction of sp³-hybridized carbons (Fsp3) is 0.536. The predicted molar refractivity (Wildman–Crippen MR) is 152 cm³/mol. The summed E-state index contributed by atoms with van der Waals surface area (Å²) in [7, 11) is 3.18. The molecule has 0 saturated heterocycles. The highest BCUT2D eigenvalue weighted by Crippen LogP contribution is 2.37. The number of guanidine groups is 1. The Morgan fingerprint density at radius 2 is 1.69 bits per heavy atom. The van der Waals surface area contributed by atoms with E-state index in [2.05, 4.69) is 20.7 Å². The van der Waals surface area contributed by atoms with E-state index >= 15 is 0 Å². The van der Waals surface area contributed by atoms with E-state index in [1.807, 2.05) is 6.92 Å². The van der Waals surface area contributed by atoms with Crippen LogP contribution >= 0.6 is 0 Å². The number of nitrogens with two attached hydrogens (primary N) is 1. The number of hydrazone groups is 1. The first-order chi connectivity index (χ1) is 19.7. The summed E-state index contributed by atoms with van der Waals surface area (Å²) in [6.45, 7) is 4.78. The molecule has 1 aliphatic carbocycles. The van der Waals surface area contributed by atoms with Gasteiger partial charge in [-0.05, 0) is 68.0 Å². The van der Waals surface area contributed by atoms with Gasteiger partial charge < -0.3 is 31.7 Å². The molecule has 14 heteroatoms. The molecule has 0 unspecified atom stereocenters. The van der Waals surface area contributed by atoms with Crippen molar-refractivity contribution in [2.45, 2.75) is 58.4 Å². The molecule has 0 bridgehead atoms. The van der Waals surface area contributed by atoms with Gasteiger partial charge in [0.2, 0.25) is 5.96 Å². The number of nitrogens with zero attached hydrogens (tertiary/aromatic N) is 4. The molecular weight excluding hydrogens is 562 g/mol. The van der Waals surface area contributed by atoms with E-state index in [0.717, 1.165) is 25.2 Å². The van der Waals surface area contributed by atoms with Gasteiger partial charge >= 0.3 is 12.4 Å². The number of amidine groups is 1. The largest absolute Gasteiger partial charge is 0.416 e. The first-order valence-electron chi connectivity index (χ1n) is 13.7. The first-order valence-corrected chi connectivity index (χ1v) is 13.7. The van der Waals surface area contributed by atoms with Crippen molar-refractivity contribution >= 4 is 17.5 Å². The minimum absolute atomic E-state index is 0.0163. The highest BCUT2D eigenvalue weighted by Gasteiger charge is 2.37. The zero-order valence-corrected chi connectivity index (χ0v) is 24.2. The van der Waals surface area contributed by atoms with Gasteiger partial charge in [-0.3, -0.25) is 0 Å². The lowest BCUT2D eigenvalue weighted by molar-refractivity contribution is -0.143. The lowest BCUT2D eigenvalue weighted by atomic mass is 9.85. The maximum atomic E-state index is 13.5. The molecule has 0 spiro atoms. The van der Waals surface area contributed by atoms with Gasteiger partial charge in [0.25, 0.3) is 0 Å². The van der Waals surface area contributed by atoms with Gasteiger partial charge in [0, 0.05) is 58.0 Å². The second-order valence-electron chi connectivity index (χ2n) is 10.4. The quantitative estimate of drug-likeness (QED) is 0.126. The van der Waals surface area contributed by atoms with Crippen LogP contribution in [-0.2, 0) is 18.9 Å². The molecule has 5 N–H and O–H groups in total. The Kier molecular flexibility index (Phi) is 10.6. The van der Waals surface area contributed by atoms with Crippen molar-refractivity contribution in [3.05, 3.63) is 57.9 Å². The molecule has 0 amide bonds. The van der Waals surface area contributed by atoms with E-state index in [1.165, 1.54) is 18.4 Å². The molecule has 1 aromatic carbocycles. The van der Waals surface area contributed by atoms with Crippen LogP contribution < -0.4 is 16.5 Å². The fourth-order valence-corrected chi connectivity index (χ4v) is 4.90. The minimum Gasteiger partial charge on any atom is -0.373 e. The van der Waals surface area contributed by atoms with Gasteiger partial charge in [-0.2, -0.15) is 26.3 Å². The molecule has 1 aliphatic heterocycles. The third-order valence-corrected chi connectivity index (χ3v) is 7.29. The van der Waals surface area contributed by atoms with Crippen molar-refractivity contribution in [2.24, 2.45) is 21.7 Å². The lowest BCUT2D eigenvalue weighted by Crippen LogP contribution is -2.41. The van der Waals surface area contributed by atoms with E-state index in [-0.39, 0.29) is 36.4 Å². The summed E-state index contributed by atoms with van der Waals surface area (Å²) in [5.74, 6) is 1.67. The topological polar surface area (TPSA) is 105 Å². The zero-order valence-electron chi connectivity index (χ0n) is 24.2. The Balaban J connectivity index is 2.04. The molecule has 8 nitrogen and oxygen atoms in total. The summed E-state index contributed by atoms with van der Waals surface area (Å²) in [6, 6.07) is 1.47. The van der Waals surface area contributed by atoms with E-state index in [4.69, 9.17) is 16.1 Å². The summed E-state index contributed by atoms with van der Waals surface area (Å²) in [5.41, 5.74) is 7.12. The third kappa shape index (κ3) is 8.41. The highest BCUT2D eigenvalue weighted by molar-refractivity contribution is 6.00. The Hall–Kier alpha value is -3.71. The second kappa shape index (κ2) is 13.5. The molecule has 2 aliphatic rings. The summed E-state index contributed by atoms with van der Waals surface area (Å²) in [5, 5.41) is 15.4. The van der Waals surface area contributed by atoms with Crippen molar-refractivity contribution in [1.82, 2.24) is 20.5 Å². The van der Waals surface area contributed by atoms with E-state index in [9.17, 15) is 26.3 Å². The van der Waals surface area contributed by atoms with Crippen molar-refractivity contribution in [3.8, 4) is 0 Å². The maximum Gasteiger partial charge on any atom is 0.416 e. The molecule has 232 valence electrons. The molecule has 1 saturated carbocycles. The van der Waals surface area contributed by atoms with Crippen LogP contribution in [0, 0.1) is 11.3 Å². The smallest absolute Gasteiger partial charge is 0.373 e. The molecule has 42 heavy (non-hydrogen) atoms. The summed E-state index contributed by atoms with van der Waals surface area (Å²) >= 11 is 0. The van der Waals surface area contributed by atoms with Gasteiger partial charge in [-0.15, -0.1) is 5.10 Å². The number of alkyl halides is 6. The monoisotopic (exact) mass is 600 g/mol. The normalized spacial score (nSPS) is 16.8. The standard InChI is InChI=1S/C28H38F6N8/c1-5-41(14-18-7-6-8-18)24-12-20(11-23(17(2)35)25(37-3)39-24)16-42(26(36)40-38-4)15-19-9-21(27(29,30)31)13-22(10-19)28(32,33)34/h9-11,13,18,35,37-38H,5-8,12,14-16H2,1-4H3,(H2,36,40). The van der Waals surface area contributed by atoms with Gasteiger partial charge in [-0.1, -0.05) is 6.42 Å². The molecule has 0 atom stereocenters. The van der Waals surface area contributed by atoms with E-state index in [0.29, 0.717) is 48.0 Å². The Bertz CT molecular complexity index is 1230. The predicted octanol–water partition coefficient (Wildman–Crippen LogP) is 5.30. The van der Waals surface area contributed by atoms with Crippen molar-refractivity contribution in [2.75, 3.05) is 33.7 Å². The lowest BCUT2D eigenvalue weighted by Gasteiger charge is -2.34. The van der Waals surface area contributed by atoms with Crippen LogP contribution in [0.15, 0.2) is 51.3 Å². The van der Waals surface area contributed by atoms with Gasteiger partial charge in [0.15, 0.2) is 0 Å². The van der Waals surface area contributed by atoms with Crippen molar-refractivity contribution in [3.63, 3.8) is 0 Å². The van der Waals surface area contributed by atoms with Gasteiger partial charge in [0.05, 0.1) is 11.1 Å². The molecule has 1 aromatic rings. The minimum atomic E-state index is -4.98. The fourth-order valence-electron chi connectivity index (χ4n) is 4.90. The molecule has 3 rings (SSSR count).